The van der Waals surface area contributed by atoms with Crippen LogP contribution in [0.3, 0.4) is 0 Å². The molecule has 5 nitrogen and oxygen atoms in total. The number of carbonyl (C=O) groups is 2. The molecule has 0 aromatic heterocycles. The molecule has 2 rings (SSSR count). The third-order valence-electron chi connectivity index (χ3n) is 4.50. The first-order valence-corrected chi connectivity index (χ1v) is 10.4. The number of Topliss-reactive ketones (excluding diaryl/α,β-unsaturated/α-hetero) is 1. The molecule has 27 heavy (non-hydrogen) atoms. The molecule has 0 aliphatic carbocycles. The lowest BCUT2D eigenvalue weighted by atomic mass is 9.90. The van der Waals surface area contributed by atoms with E-state index in [-0.39, 0.29) is 12.2 Å². The van der Waals surface area contributed by atoms with Gasteiger partial charge in [0.25, 0.3) is 0 Å². The zero-order chi connectivity index (χ0) is 20.0. The second-order valence-electron chi connectivity index (χ2n) is 8.02. The largest absolute Gasteiger partial charge is 0.444 e. The van der Waals surface area contributed by atoms with Gasteiger partial charge in [-0.05, 0) is 86.7 Å². The Morgan fingerprint density at radius 2 is 2.11 bits per heavy atom. The summed E-state index contributed by atoms with van der Waals surface area (Å²) >= 11 is 2.24. The molecule has 1 heterocycles. The van der Waals surface area contributed by atoms with Crippen molar-refractivity contribution in [1.82, 2.24) is 4.90 Å². The number of ether oxygens (including phenoxy) is 1. The Morgan fingerprint density at radius 1 is 1.37 bits per heavy atom. The van der Waals surface area contributed by atoms with Crippen LogP contribution in [-0.4, -0.2) is 35.0 Å². The predicted octanol–water partition coefficient (Wildman–Crippen LogP) is 4.72. The lowest BCUT2D eigenvalue weighted by molar-refractivity contribution is -0.126. The highest BCUT2D eigenvalue weighted by atomic mass is 127. The van der Waals surface area contributed by atoms with Gasteiger partial charge in [0.05, 0.1) is 18.0 Å². The second-order valence-corrected chi connectivity index (χ2v) is 9.26. The van der Waals surface area contributed by atoms with Gasteiger partial charge in [-0.2, -0.15) is 5.26 Å². The summed E-state index contributed by atoms with van der Waals surface area (Å²) in [6.45, 7) is 5.98. The Morgan fingerprint density at radius 3 is 2.74 bits per heavy atom. The van der Waals surface area contributed by atoms with Gasteiger partial charge in [0.1, 0.15) is 5.60 Å². The minimum absolute atomic E-state index is 0.0438. The molecule has 0 saturated carbocycles. The van der Waals surface area contributed by atoms with Crippen LogP contribution in [0.4, 0.5) is 4.79 Å². The van der Waals surface area contributed by atoms with Gasteiger partial charge in [0, 0.05) is 16.5 Å². The maximum Gasteiger partial charge on any atom is 0.410 e. The first-order valence-electron chi connectivity index (χ1n) is 9.36. The van der Waals surface area contributed by atoms with Gasteiger partial charge in [-0.3, -0.25) is 9.69 Å². The summed E-state index contributed by atoms with van der Waals surface area (Å²) in [6, 6.07) is 9.74. The zero-order valence-corrected chi connectivity index (χ0v) is 18.4. The topological polar surface area (TPSA) is 70.4 Å². The molecule has 1 aliphatic rings. The van der Waals surface area contributed by atoms with Crippen LogP contribution in [-0.2, 0) is 16.0 Å². The van der Waals surface area contributed by atoms with E-state index in [0.717, 1.165) is 22.0 Å². The maximum atomic E-state index is 12.9. The Balaban J connectivity index is 2.04. The van der Waals surface area contributed by atoms with Crippen LogP contribution < -0.4 is 0 Å². The number of hydrogen-bond donors (Lipinski definition) is 0. The third-order valence-corrected chi connectivity index (χ3v) is 5.17. The van der Waals surface area contributed by atoms with Crippen LogP contribution in [0.2, 0.25) is 0 Å². The summed E-state index contributed by atoms with van der Waals surface area (Å²) in [4.78, 5) is 27.0. The fourth-order valence-electron chi connectivity index (χ4n) is 3.30. The molecule has 0 N–H and O–H groups in total. The van der Waals surface area contributed by atoms with Crippen LogP contribution in [0.25, 0.3) is 0 Å². The van der Waals surface area contributed by atoms with Gasteiger partial charge in [-0.15, -0.1) is 0 Å². The van der Waals surface area contributed by atoms with Gasteiger partial charge in [0.15, 0.2) is 5.78 Å². The van der Waals surface area contributed by atoms with Gasteiger partial charge >= 0.3 is 6.09 Å². The summed E-state index contributed by atoms with van der Waals surface area (Å²) in [5, 5.41) is 9.52. The molecule has 0 radical (unpaired) electrons. The highest BCUT2D eigenvalue weighted by Crippen LogP contribution is 2.24. The molecule has 1 aliphatic heterocycles. The second kappa shape index (κ2) is 9.54. The van der Waals surface area contributed by atoms with E-state index in [9.17, 15) is 14.9 Å². The standard InChI is InChI=1S/C21H27IN2O3/c1-21(2,3)27-20(26)24-10-5-4-9-18(24)19(25)13-16(14-23)11-15-7-6-8-17(22)12-15/h6-8,12,16,18H,4-5,9-11,13H2,1-3H3/t16-,18+/m1/s1. The van der Waals surface area contributed by atoms with E-state index in [4.69, 9.17) is 4.74 Å². The quantitative estimate of drug-likeness (QED) is 0.570. The van der Waals surface area contributed by atoms with Crippen LogP contribution in [0, 0.1) is 20.8 Å². The van der Waals surface area contributed by atoms with Crippen molar-refractivity contribution >= 4 is 34.5 Å². The predicted molar refractivity (Wildman–Crippen MR) is 112 cm³/mol. The first kappa shape index (κ1) is 21.7. The molecular formula is C21H27IN2O3. The van der Waals surface area contributed by atoms with Crippen LogP contribution in [0.5, 0.6) is 0 Å². The van der Waals surface area contributed by atoms with Crippen LogP contribution in [0.15, 0.2) is 24.3 Å². The average Bonchev–Trinajstić information content (AvgIpc) is 2.59. The molecule has 1 saturated heterocycles. The molecule has 1 amide bonds. The van der Waals surface area contributed by atoms with E-state index in [0.29, 0.717) is 19.4 Å². The third kappa shape index (κ3) is 6.80. The van der Waals surface area contributed by atoms with E-state index in [1.54, 1.807) is 4.90 Å². The number of carbonyl (C=O) groups excluding carboxylic acids is 2. The van der Waals surface area contributed by atoms with Crippen molar-refractivity contribution in [1.29, 1.82) is 5.26 Å². The Bertz CT molecular complexity index is 721. The molecular weight excluding hydrogens is 455 g/mol. The minimum atomic E-state index is -0.595. The lowest BCUT2D eigenvalue weighted by Gasteiger charge is -2.36. The number of piperidine rings is 1. The normalized spacial score (nSPS) is 18.5. The molecule has 146 valence electrons. The van der Waals surface area contributed by atoms with Crippen molar-refractivity contribution in [3.63, 3.8) is 0 Å². The number of nitriles is 1. The summed E-state index contributed by atoms with van der Waals surface area (Å²) in [6.07, 6.45) is 2.67. The molecule has 1 aromatic carbocycles. The number of nitrogens with zero attached hydrogens (tertiary/aromatic N) is 2. The zero-order valence-electron chi connectivity index (χ0n) is 16.2. The van der Waals surface area contributed by atoms with E-state index in [1.807, 2.05) is 45.0 Å². The summed E-state index contributed by atoms with van der Waals surface area (Å²) < 4.78 is 6.57. The molecule has 6 heteroatoms. The van der Waals surface area contributed by atoms with Crippen molar-refractivity contribution in [3.8, 4) is 6.07 Å². The summed E-state index contributed by atoms with van der Waals surface area (Å²) in [7, 11) is 0. The molecule has 0 bridgehead atoms. The van der Waals surface area contributed by atoms with Crippen molar-refractivity contribution in [2.45, 2.75) is 64.5 Å². The fraction of sp³-hybridized carbons (Fsp3) is 0.571. The fourth-order valence-corrected chi connectivity index (χ4v) is 3.90. The number of hydrogen-bond acceptors (Lipinski definition) is 4. The highest BCUT2D eigenvalue weighted by molar-refractivity contribution is 14.1. The van der Waals surface area contributed by atoms with E-state index < -0.39 is 23.7 Å². The Kier molecular flexibility index (Phi) is 7.66. The summed E-state index contributed by atoms with van der Waals surface area (Å²) in [5.74, 6) is -0.434. The number of likely N-dealkylation sites (tertiary alicyclic amines) is 1. The van der Waals surface area contributed by atoms with Gasteiger partial charge in [0.2, 0.25) is 0 Å². The monoisotopic (exact) mass is 482 g/mol. The number of amides is 1. The van der Waals surface area contributed by atoms with Gasteiger partial charge < -0.3 is 4.74 Å². The molecule has 1 aromatic rings. The first-order chi connectivity index (χ1) is 12.7. The van der Waals surface area contributed by atoms with E-state index in [2.05, 4.69) is 28.7 Å². The molecule has 2 atom stereocenters. The van der Waals surface area contributed by atoms with Crippen molar-refractivity contribution in [2.75, 3.05) is 6.54 Å². The number of ketones is 1. The molecule has 1 fully saturated rings. The smallest absolute Gasteiger partial charge is 0.410 e. The van der Waals surface area contributed by atoms with Crippen molar-refractivity contribution < 1.29 is 14.3 Å². The Labute approximate surface area is 175 Å². The number of benzene rings is 1. The minimum Gasteiger partial charge on any atom is -0.444 e. The maximum absolute atomic E-state index is 12.9. The number of halogens is 1. The lowest BCUT2D eigenvalue weighted by Crippen LogP contribution is -2.50. The molecule has 0 spiro atoms. The van der Waals surface area contributed by atoms with Crippen LogP contribution >= 0.6 is 22.6 Å². The summed E-state index contributed by atoms with van der Waals surface area (Å²) in [5.41, 5.74) is 0.454. The average molecular weight is 482 g/mol. The van der Waals surface area contributed by atoms with Gasteiger partial charge in [-0.1, -0.05) is 12.1 Å². The molecule has 0 unspecified atom stereocenters. The van der Waals surface area contributed by atoms with Gasteiger partial charge in [-0.25, -0.2) is 4.79 Å². The highest BCUT2D eigenvalue weighted by Gasteiger charge is 2.35. The van der Waals surface area contributed by atoms with Crippen molar-refractivity contribution in [3.05, 3.63) is 33.4 Å². The van der Waals surface area contributed by atoms with E-state index >= 15 is 0 Å². The van der Waals surface area contributed by atoms with E-state index in [1.165, 1.54) is 0 Å². The van der Waals surface area contributed by atoms with Crippen LogP contribution in [0.1, 0.15) is 52.0 Å². The SMILES string of the molecule is CC(C)(C)OC(=O)N1CCCC[C@H]1C(=O)C[C@H](C#N)Cc1cccc(I)c1. The van der Waals surface area contributed by atoms with Crippen molar-refractivity contribution in [2.24, 2.45) is 5.92 Å². The number of rotatable bonds is 5. The Hall–Kier alpha value is -1.62.